The van der Waals surface area contributed by atoms with Crippen LogP contribution in [0.15, 0.2) is 42.5 Å². The Morgan fingerprint density at radius 3 is 2.67 bits per heavy atom. The lowest BCUT2D eigenvalue weighted by Gasteiger charge is -2.41. The molecule has 4 rings (SSSR count). The third-order valence-electron chi connectivity index (χ3n) is 7.17. The van der Waals surface area contributed by atoms with Crippen LogP contribution in [0.1, 0.15) is 75.8 Å². The van der Waals surface area contributed by atoms with Crippen LogP contribution in [-0.2, 0) is 6.42 Å². The molecule has 2 aliphatic rings. The van der Waals surface area contributed by atoms with E-state index in [0.717, 1.165) is 41.4 Å². The first-order chi connectivity index (χ1) is 13.1. The Bertz CT molecular complexity index is 818. The maximum atomic E-state index is 14.9. The number of halogens is 1. The van der Waals surface area contributed by atoms with Gasteiger partial charge in [-0.3, -0.25) is 0 Å². The van der Waals surface area contributed by atoms with Crippen LogP contribution in [0.25, 0.3) is 10.8 Å². The van der Waals surface area contributed by atoms with Gasteiger partial charge in [-0.1, -0.05) is 43.7 Å². The van der Waals surface area contributed by atoms with E-state index in [9.17, 15) is 4.39 Å². The summed E-state index contributed by atoms with van der Waals surface area (Å²) in [6.45, 7) is 4.46. The summed E-state index contributed by atoms with van der Waals surface area (Å²) in [5.41, 5.74) is 2.46. The van der Waals surface area contributed by atoms with Crippen molar-refractivity contribution >= 4 is 10.8 Å². The van der Waals surface area contributed by atoms with Crippen LogP contribution in [-0.4, -0.2) is 0 Å². The zero-order valence-electron chi connectivity index (χ0n) is 16.9. The first-order valence-corrected chi connectivity index (χ1v) is 11.0. The van der Waals surface area contributed by atoms with Crippen LogP contribution in [0.2, 0.25) is 0 Å². The first-order valence-electron chi connectivity index (χ1n) is 11.0. The Kier molecular flexibility index (Phi) is 5.66. The van der Waals surface area contributed by atoms with Crippen molar-refractivity contribution in [1.82, 2.24) is 0 Å². The molecule has 2 saturated carbocycles. The Hall–Kier alpha value is -1.63. The van der Waals surface area contributed by atoms with E-state index in [-0.39, 0.29) is 5.82 Å². The fourth-order valence-electron chi connectivity index (χ4n) is 5.62. The summed E-state index contributed by atoms with van der Waals surface area (Å²) in [6, 6.07) is 10.5. The van der Waals surface area contributed by atoms with Gasteiger partial charge in [0.15, 0.2) is 0 Å². The van der Waals surface area contributed by atoms with Crippen LogP contribution in [0.5, 0.6) is 0 Å². The van der Waals surface area contributed by atoms with Gasteiger partial charge in [-0.25, -0.2) is 4.39 Å². The van der Waals surface area contributed by atoms with E-state index in [1.807, 2.05) is 13.0 Å². The van der Waals surface area contributed by atoms with E-state index in [2.05, 4.69) is 43.3 Å². The van der Waals surface area contributed by atoms with Crippen molar-refractivity contribution in [3.8, 4) is 0 Å². The zero-order chi connectivity index (χ0) is 18.8. The van der Waals surface area contributed by atoms with Crippen LogP contribution in [0.4, 0.5) is 4.39 Å². The predicted octanol–water partition coefficient (Wildman–Crippen LogP) is 7.81. The van der Waals surface area contributed by atoms with E-state index in [1.165, 1.54) is 49.7 Å². The fourth-order valence-corrected chi connectivity index (χ4v) is 5.62. The molecular weight excluding hydrogens is 331 g/mol. The smallest absolute Gasteiger partial charge is 0.131 e. The average molecular weight is 365 g/mol. The third kappa shape index (κ3) is 4.13. The minimum atomic E-state index is -0.0326. The second kappa shape index (κ2) is 8.17. The summed E-state index contributed by atoms with van der Waals surface area (Å²) < 4.78 is 14.9. The molecule has 4 unspecified atom stereocenters. The second-order valence-corrected chi connectivity index (χ2v) is 9.11. The normalized spacial score (nSPS) is 28.6. The van der Waals surface area contributed by atoms with Crippen LogP contribution in [0.3, 0.4) is 0 Å². The minimum Gasteiger partial charge on any atom is -0.206 e. The van der Waals surface area contributed by atoms with Crippen molar-refractivity contribution in [3.05, 3.63) is 59.4 Å². The molecule has 0 spiro atoms. The van der Waals surface area contributed by atoms with Gasteiger partial charge in [-0.2, -0.15) is 0 Å². The van der Waals surface area contributed by atoms with Crippen molar-refractivity contribution in [1.29, 1.82) is 0 Å². The van der Waals surface area contributed by atoms with Gasteiger partial charge in [0, 0.05) is 5.39 Å². The largest absolute Gasteiger partial charge is 0.206 e. The number of hydrogen-bond donors (Lipinski definition) is 0. The standard InChI is InChI=1S/C26H33F/c1-3-4-5-6-19-8-10-23-16-24(17-26(27)25(23)14-19)22-12-11-20-13-18(2)7-9-21(20)15-22/h3-4,8,10,14,16-18,20-22H,5-7,9,11-13,15H2,1-2H3. The summed E-state index contributed by atoms with van der Waals surface area (Å²) >= 11 is 0. The van der Waals surface area contributed by atoms with Gasteiger partial charge in [-0.05, 0) is 104 Å². The molecule has 0 heterocycles. The topological polar surface area (TPSA) is 0 Å². The molecule has 0 nitrogen and oxygen atoms in total. The van der Waals surface area contributed by atoms with Gasteiger partial charge in [0.2, 0.25) is 0 Å². The molecule has 2 aromatic rings. The van der Waals surface area contributed by atoms with Crippen molar-refractivity contribution in [2.75, 3.05) is 0 Å². The van der Waals surface area contributed by atoms with Crippen molar-refractivity contribution in [2.24, 2.45) is 17.8 Å². The number of fused-ring (bicyclic) bond motifs is 2. The lowest BCUT2D eigenvalue weighted by Crippen LogP contribution is -2.29. The highest BCUT2D eigenvalue weighted by atomic mass is 19.1. The van der Waals surface area contributed by atoms with Gasteiger partial charge in [0.25, 0.3) is 0 Å². The second-order valence-electron chi connectivity index (χ2n) is 9.11. The van der Waals surface area contributed by atoms with Crippen LogP contribution in [0, 0.1) is 23.6 Å². The number of rotatable bonds is 4. The molecule has 0 aromatic heterocycles. The molecule has 2 aromatic carbocycles. The van der Waals surface area contributed by atoms with E-state index >= 15 is 0 Å². The van der Waals surface area contributed by atoms with E-state index < -0.39 is 0 Å². The zero-order valence-corrected chi connectivity index (χ0v) is 16.9. The van der Waals surface area contributed by atoms with Gasteiger partial charge >= 0.3 is 0 Å². The van der Waals surface area contributed by atoms with Gasteiger partial charge in [-0.15, -0.1) is 0 Å². The molecule has 2 aliphatic carbocycles. The molecule has 0 radical (unpaired) electrons. The Balaban J connectivity index is 1.53. The summed E-state index contributed by atoms with van der Waals surface area (Å²) in [7, 11) is 0. The molecule has 4 atom stereocenters. The molecule has 1 heteroatoms. The molecule has 144 valence electrons. The van der Waals surface area contributed by atoms with Crippen LogP contribution >= 0.6 is 0 Å². The van der Waals surface area contributed by atoms with Gasteiger partial charge in [0.1, 0.15) is 5.82 Å². The summed E-state index contributed by atoms with van der Waals surface area (Å²) in [5, 5.41) is 1.86. The highest BCUT2D eigenvalue weighted by Gasteiger charge is 2.35. The molecule has 0 amide bonds. The Labute approximate surface area is 163 Å². The highest BCUT2D eigenvalue weighted by molar-refractivity contribution is 5.84. The van der Waals surface area contributed by atoms with Crippen LogP contribution < -0.4 is 0 Å². The van der Waals surface area contributed by atoms with E-state index in [0.29, 0.717) is 5.92 Å². The Morgan fingerprint density at radius 2 is 1.81 bits per heavy atom. The molecule has 0 N–H and O–H groups in total. The summed E-state index contributed by atoms with van der Waals surface area (Å²) in [6.07, 6.45) is 14.3. The first kappa shape index (κ1) is 18.7. The number of allylic oxidation sites excluding steroid dienone is 2. The Morgan fingerprint density at radius 1 is 1.00 bits per heavy atom. The predicted molar refractivity (Wildman–Crippen MR) is 114 cm³/mol. The quantitative estimate of drug-likeness (QED) is 0.485. The van der Waals surface area contributed by atoms with Gasteiger partial charge < -0.3 is 0 Å². The molecule has 0 aliphatic heterocycles. The van der Waals surface area contributed by atoms with Crippen molar-refractivity contribution in [3.63, 3.8) is 0 Å². The SMILES string of the molecule is CC=CCCc1ccc2cc(C3CCC4CC(C)CCC4C3)cc(F)c2c1. The molecule has 2 fully saturated rings. The summed E-state index contributed by atoms with van der Waals surface area (Å²) in [5.74, 6) is 3.22. The number of aryl methyl sites for hydroxylation is 1. The molecule has 27 heavy (non-hydrogen) atoms. The van der Waals surface area contributed by atoms with Crippen molar-refractivity contribution in [2.45, 2.75) is 71.1 Å². The minimum absolute atomic E-state index is 0.0326. The lowest BCUT2D eigenvalue weighted by molar-refractivity contribution is 0.124. The maximum Gasteiger partial charge on any atom is 0.131 e. The number of benzene rings is 2. The van der Waals surface area contributed by atoms with Crippen molar-refractivity contribution < 1.29 is 4.39 Å². The average Bonchev–Trinajstić information content (AvgIpc) is 2.68. The molecule has 0 bridgehead atoms. The molecular formula is C26H33F. The van der Waals surface area contributed by atoms with E-state index in [4.69, 9.17) is 0 Å². The molecule has 0 saturated heterocycles. The monoisotopic (exact) mass is 364 g/mol. The third-order valence-corrected chi connectivity index (χ3v) is 7.17. The number of hydrogen-bond acceptors (Lipinski definition) is 0. The summed E-state index contributed by atoms with van der Waals surface area (Å²) in [4.78, 5) is 0. The maximum absolute atomic E-state index is 14.9. The lowest BCUT2D eigenvalue weighted by atomic mass is 9.64. The van der Waals surface area contributed by atoms with E-state index in [1.54, 1.807) is 0 Å². The fraction of sp³-hybridized carbons (Fsp3) is 0.538. The highest BCUT2D eigenvalue weighted by Crippen LogP contribution is 2.47. The van der Waals surface area contributed by atoms with Gasteiger partial charge in [0.05, 0.1) is 0 Å².